The first kappa shape index (κ1) is 17.5. The van der Waals surface area contributed by atoms with Gasteiger partial charge in [0, 0.05) is 20.0 Å². The zero-order valence-electron chi connectivity index (χ0n) is 13.2. The van der Waals surface area contributed by atoms with E-state index in [2.05, 4.69) is 27.7 Å². The van der Waals surface area contributed by atoms with Crippen LogP contribution < -0.4 is 0 Å². The van der Waals surface area contributed by atoms with Gasteiger partial charge in [-0.3, -0.25) is 4.79 Å². The SMILES string of the molecule is CCC(C)CCCCCC(=O)N(C)CC(C)CC. The van der Waals surface area contributed by atoms with E-state index in [0.717, 1.165) is 31.7 Å². The summed E-state index contributed by atoms with van der Waals surface area (Å²) in [4.78, 5) is 13.8. The number of hydrogen-bond donors (Lipinski definition) is 0. The molecule has 0 aliphatic heterocycles. The molecule has 18 heavy (non-hydrogen) atoms. The highest BCUT2D eigenvalue weighted by atomic mass is 16.2. The third-order valence-corrected chi connectivity index (χ3v) is 3.99. The Morgan fingerprint density at radius 3 is 2.17 bits per heavy atom. The van der Waals surface area contributed by atoms with Gasteiger partial charge in [-0.1, -0.05) is 59.8 Å². The summed E-state index contributed by atoms with van der Waals surface area (Å²) in [7, 11) is 1.94. The van der Waals surface area contributed by atoms with Gasteiger partial charge >= 0.3 is 0 Å². The molecule has 0 heterocycles. The number of rotatable bonds is 10. The fourth-order valence-electron chi connectivity index (χ4n) is 2.04. The lowest BCUT2D eigenvalue weighted by Crippen LogP contribution is -2.30. The minimum atomic E-state index is 0.318. The normalized spacial score (nSPS) is 14.3. The molecule has 0 aromatic heterocycles. The van der Waals surface area contributed by atoms with Gasteiger partial charge in [0.15, 0.2) is 0 Å². The van der Waals surface area contributed by atoms with Crippen LogP contribution in [0.3, 0.4) is 0 Å². The molecular weight excluding hydrogens is 222 g/mol. The van der Waals surface area contributed by atoms with Gasteiger partial charge in [0.1, 0.15) is 0 Å². The molecule has 0 aromatic carbocycles. The van der Waals surface area contributed by atoms with E-state index in [-0.39, 0.29) is 0 Å². The van der Waals surface area contributed by atoms with Gasteiger partial charge < -0.3 is 4.90 Å². The second kappa shape index (κ2) is 10.4. The monoisotopic (exact) mass is 255 g/mol. The number of nitrogens with zero attached hydrogens (tertiary/aromatic N) is 1. The molecule has 0 aliphatic rings. The first-order valence-corrected chi connectivity index (χ1v) is 7.75. The maximum Gasteiger partial charge on any atom is 0.222 e. The van der Waals surface area contributed by atoms with Crippen LogP contribution in [-0.4, -0.2) is 24.4 Å². The molecule has 0 saturated carbocycles. The van der Waals surface area contributed by atoms with Crippen LogP contribution in [-0.2, 0) is 4.79 Å². The highest BCUT2D eigenvalue weighted by molar-refractivity contribution is 5.75. The van der Waals surface area contributed by atoms with Crippen molar-refractivity contribution >= 4 is 5.91 Å². The minimum Gasteiger partial charge on any atom is -0.345 e. The van der Waals surface area contributed by atoms with E-state index < -0.39 is 0 Å². The van der Waals surface area contributed by atoms with Crippen molar-refractivity contribution in [3.8, 4) is 0 Å². The first-order chi connectivity index (χ1) is 8.51. The van der Waals surface area contributed by atoms with Gasteiger partial charge in [0.05, 0.1) is 0 Å². The van der Waals surface area contributed by atoms with Crippen molar-refractivity contribution in [2.45, 2.75) is 72.6 Å². The van der Waals surface area contributed by atoms with Crippen molar-refractivity contribution in [3.05, 3.63) is 0 Å². The second-order valence-electron chi connectivity index (χ2n) is 5.90. The molecule has 0 rings (SSSR count). The van der Waals surface area contributed by atoms with Gasteiger partial charge in [0.25, 0.3) is 0 Å². The molecule has 2 atom stereocenters. The summed E-state index contributed by atoms with van der Waals surface area (Å²) >= 11 is 0. The van der Waals surface area contributed by atoms with Gasteiger partial charge in [0.2, 0.25) is 5.91 Å². The molecule has 0 N–H and O–H groups in total. The van der Waals surface area contributed by atoms with Gasteiger partial charge in [-0.25, -0.2) is 0 Å². The largest absolute Gasteiger partial charge is 0.345 e. The molecule has 0 spiro atoms. The van der Waals surface area contributed by atoms with E-state index >= 15 is 0 Å². The molecule has 108 valence electrons. The number of hydrogen-bond acceptors (Lipinski definition) is 1. The third kappa shape index (κ3) is 8.54. The summed E-state index contributed by atoms with van der Waals surface area (Å²) < 4.78 is 0. The van der Waals surface area contributed by atoms with Crippen LogP contribution in [0.25, 0.3) is 0 Å². The van der Waals surface area contributed by atoms with E-state index in [1.165, 1.54) is 25.7 Å². The van der Waals surface area contributed by atoms with Crippen LogP contribution in [0.5, 0.6) is 0 Å². The van der Waals surface area contributed by atoms with E-state index in [1.807, 2.05) is 11.9 Å². The van der Waals surface area contributed by atoms with Gasteiger partial charge in [-0.15, -0.1) is 0 Å². The average molecular weight is 255 g/mol. The van der Waals surface area contributed by atoms with Gasteiger partial charge in [-0.2, -0.15) is 0 Å². The molecule has 0 aromatic rings. The lowest BCUT2D eigenvalue weighted by atomic mass is 10.0. The number of amides is 1. The Kier molecular flexibility index (Phi) is 10.1. The quantitative estimate of drug-likeness (QED) is 0.527. The molecule has 0 fully saturated rings. The van der Waals surface area contributed by atoms with Crippen molar-refractivity contribution in [1.82, 2.24) is 4.90 Å². The Bertz CT molecular complexity index is 215. The van der Waals surface area contributed by atoms with Crippen molar-refractivity contribution in [2.24, 2.45) is 11.8 Å². The lowest BCUT2D eigenvalue weighted by molar-refractivity contribution is -0.130. The Morgan fingerprint density at radius 2 is 1.61 bits per heavy atom. The summed E-state index contributed by atoms with van der Waals surface area (Å²) in [6, 6.07) is 0. The molecule has 2 unspecified atom stereocenters. The Hall–Kier alpha value is -0.530. The van der Waals surface area contributed by atoms with Crippen LogP contribution in [0.2, 0.25) is 0 Å². The first-order valence-electron chi connectivity index (χ1n) is 7.75. The Morgan fingerprint density at radius 1 is 1.00 bits per heavy atom. The lowest BCUT2D eigenvalue weighted by Gasteiger charge is -2.20. The Balaban J connectivity index is 3.58. The van der Waals surface area contributed by atoms with Crippen LogP contribution in [0.4, 0.5) is 0 Å². The van der Waals surface area contributed by atoms with Crippen LogP contribution in [0.1, 0.15) is 72.6 Å². The number of carbonyl (C=O) groups is 1. The standard InChI is InChI=1S/C16H33NO/c1-6-14(3)11-9-8-10-12-16(18)17(5)13-15(4)7-2/h14-15H,6-13H2,1-5H3. The third-order valence-electron chi connectivity index (χ3n) is 3.99. The zero-order chi connectivity index (χ0) is 14.0. The molecule has 0 radical (unpaired) electrons. The predicted octanol–water partition coefficient (Wildman–Crippen LogP) is 4.49. The molecule has 0 aliphatic carbocycles. The van der Waals surface area contributed by atoms with E-state index in [0.29, 0.717) is 11.8 Å². The Labute approximate surface area is 114 Å². The topological polar surface area (TPSA) is 20.3 Å². The minimum absolute atomic E-state index is 0.318. The molecule has 2 nitrogen and oxygen atoms in total. The average Bonchev–Trinajstić information content (AvgIpc) is 2.37. The fourth-order valence-corrected chi connectivity index (χ4v) is 2.04. The molecule has 0 bridgehead atoms. The summed E-state index contributed by atoms with van der Waals surface area (Å²) in [5, 5.41) is 0. The highest BCUT2D eigenvalue weighted by Crippen LogP contribution is 2.13. The number of carbonyl (C=O) groups excluding carboxylic acids is 1. The van der Waals surface area contributed by atoms with Crippen molar-refractivity contribution < 1.29 is 4.79 Å². The van der Waals surface area contributed by atoms with E-state index in [4.69, 9.17) is 0 Å². The molecule has 1 amide bonds. The smallest absolute Gasteiger partial charge is 0.222 e. The molecule has 0 saturated heterocycles. The highest BCUT2D eigenvalue weighted by Gasteiger charge is 2.10. The van der Waals surface area contributed by atoms with E-state index in [1.54, 1.807) is 0 Å². The number of unbranched alkanes of at least 4 members (excludes halogenated alkanes) is 2. The molecular formula is C16H33NO. The van der Waals surface area contributed by atoms with Crippen LogP contribution in [0, 0.1) is 11.8 Å². The zero-order valence-corrected chi connectivity index (χ0v) is 13.2. The van der Waals surface area contributed by atoms with E-state index in [9.17, 15) is 4.79 Å². The van der Waals surface area contributed by atoms with Crippen LogP contribution >= 0.6 is 0 Å². The van der Waals surface area contributed by atoms with Crippen molar-refractivity contribution in [2.75, 3.05) is 13.6 Å². The molecule has 2 heteroatoms. The summed E-state index contributed by atoms with van der Waals surface area (Å²) in [5.41, 5.74) is 0. The summed E-state index contributed by atoms with van der Waals surface area (Å²) in [6.07, 6.45) is 7.99. The van der Waals surface area contributed by atoms with Crippen molar-refractivity contribution in [3.63, 3.8) is 0 Å². The predicted molar refractivity (Wildman–Crippen MR) is 79.6 cm³/mol. The van der Waals surface area contributed by atoms with Gasteiger partial charge in [-0.05, 0) is 18.3 Å². The second-order valence-corrected chi connectivity index (χ2v) is 5.90. The maximum atomic E-state index is 11.9. The van der Waals surface area contributed by atoms with Crippen molar-refractivity contribution in [1.29, 1.82) is 0 Å². The van der Waals surface area contributed by atoms with Crippen LogP contribution in [0.15, 0.2) is 0 Å². The fraction of sp³-hybridized carbons (Fsp3) is 0.938. The summed E-state index contributed by atoms with van der Waals surface area (Å²) in [6.45, 7) is 9.85. The maximum absolute atomic E-state index is 11.9. The summed E-state index contributed by atoms with van der Waals surface area (Å²) in [5.74, 6) is 1.77.